The quantitative estimate of drug-likeness (QED) is 0.846. The van der Waals surface area contributed by atoms with Gasteiger partial charge in [0.25, 0.3) is 5.92 Å². The Morgan fingerprint density at radius 2 is 2.06 bits per heavy atom. The van der Waals surface area contributed by atoms with E-state index in [1.54, 1.807) is 0 Å². The Morgan fingerprint density at radius 3 is 2.56 bits per heavy atom. The number of halogens is 2. The van der Waals surface area contributed by atoms with Crippen molar-refractivity contribution in [1.29, 1.82) is 0 Å². The lowest BCUT2D eigenvalue weighted by molar-refractivity contribution is 0.108. The Balaban J connectivity index is 1.98. The van der Waals surface area contributed by atoms with Gasteiger partial charge in [0.05, 0.1) is 0 Å². The van der Waals surface area contributed by atoms with Crippen LogP contribution in [0, 0.1) is 0 Å². The zero-order valence-corrected chi connectivity index (χ0v) is 9.33. The van der Waals surface area contributed by atoms with E-state index in [2.05, 4.69) is 15.5 Å². The zero-order chi connectivity index (χ0) is 11.8. The number of rotatable bonds is 5. The minimum atomic E-state index is -2.65. The van der Waals surface area contributed by atoms with Gasteiger partial charge in [0.15, 0.2) is 0 Å². The van der Waals surface area contributed by atoms with E-state index in [0.717, 1.165) is 12.8 Å². The van der Waals surface area contributed by atoms with E-state index in [1.807, 2.05) is 13.8 Å². The highest BCUT2D eigenvalue weighted by Crippen LogP contribution is 2.55. The molecule has 0 radical (unpaired) electrons. The number of aromatic nitrogens is 2. The van der Waals surface area contributed by atoms with Crippen LogP contribution >= 0.6 is 0 Å². The van der Waals surface area contributed by atoms with E-state index in [9.17, 15) is 8.78 Å². The highest BCUT2D eigenvalue weighted by Gasteiger charge is 2.61. The third-order valence-electron chi connectivity index (χ3n) is 2.88. The minimum absolute atomic E-state index is 0.0402. The third-order valence-corrected chi connectivity index (χ3v) is 2.88. The summed E-state index contributed by atoms with van der Waals surface area (Å²) in [5.41, 5.74) is 0. The summed E-state index contributed by atoms with van der Waals surface area (Å²) in [5.74, 6) is -3.49. The molecular formula is C10H15F2N3O. The van der Waals surface area contributed by atoms with Gasteiger partial charge in [-0.1, -0.05) is 18.9 Å². The molecule has 6 heteroatoms. The third kappa shape index (κ3) is 2.15. The van der Waals surface area contributed by atoms with Crippen LogP contribution in [0.15, 0.2) is 4.42 Å². The van der Waals surface area contributed by atoms with Crippen LogP contribution in [0.25, 0.3) is 0 Å². The molecule has 1 aliphatic rings. The second-order valence-corrected chi connectivity index (χ2v) is 4.12. The summed E-state index contributed by atoms with van der Waals surface area (Å²) in [7, 11) is 0. The second kappa shape index (κ2) is 3.99. The van der Waals surface area contributed by atoms with Crippen LogP contribution in [0.5, 0.6) is 0 Å². The summed E-state index contributed by atoms with van der Waals surface area (Å²) in [4.78, 5) is 0. The summed E-state index contributed by atoms with van der Waals surface area (Å²) >= 11 is 0. The van der Waals surface area contributed by atoms with Gasteiger partial charge in [0.2, 0.25) is 5.89 Å². The lowest BCUT2D eigenvalue weighted by atomic mass is 10.2. The average molecular weight is 231 g/mol. The molecule has 1 aliphatic carbocycles. The Hall–Kier alpha value is -1.20. The van der Waals surface area contributed by atoms with E-state index in [0.29, 0.717) is 0 Å². The Bertz CT molecular complexity index is 363. The van der Waals surface area contributed by atoms with Gasteiger partial charge in [-0.05, 0) is 12.8 Å². The smallest absolute Gasteiger partial charge is 0.315 e. The predicted molar refractivity (Wildman–Crippen MR) is 54.6 cm³/mol. The fourth-order valence-electron chi connectivity index (χ4n) is 1.58. The number of hydrogen-bond acceptors (Lipinski definition) is 4. The van der Waals surface area contributed by atoms with Crippen molar-refractivity contribution in [1.82, 2.24) is 10.2 Å². The normalized spacial score (nSPS) is 22.4. The van der Waals surface area contributed by atoms with Gasteiger partial charge in [0.1, 0.15) is 5.92 Å². The Labute approximate surface area is 92.4 Å². The first-order valence-corrected chi connectivity index (χ1v) is 5.54. The number of hydrogen-bond donors (Lipinski definition) is 1. The lowest BCUT2D eigenvalue weighted by Crippen LogP contribution is -2.17. The summed E-state index contributed by atoms with van der Waals surface area (Å²) in [6.07, 6.45) is 1.67. The van der Waals surface area contributed by atoms with Gasteiger partial charge in [-0.2, -0.15) is 0 Å². The standard InChI is InChI=1S/C10H15F2N3O/c1-3-6(4-2)13-9-15-14-8(16-9)7-5-10(7,11)12/h6-7H,3-5H2,1-2H3,(H,13,15). The van der Waals surface area contributed by atoms with Crippen LogP contribution in [0.1, 0.15) is 44.9 Å². The monoisotopic (exact) mass is 231 g/mol. The first-order valence-electron chi connectivity index (χ1n) is 5.54. The maximum absolute atomic E-state index is 12.7. The maximum atomic E-state index is 12.7. The number of alkyl halides is 2. The van der Waals surface area contributed by atoms with Crippen LogP contribution in [-0.2, 0) is 0 Å². The van der Waals surface area contributed by atoms with Crippen LogP contribution < -0.4 is 5.32 Å². The fourth-order valence-corrected chi connectivity index (χ4v) is 1.58. The summed E-state index contributed by atoms with van der Waals surface area (Å²) < 4.78 is 30.6. The van der Waals surface area contributed by atoms with Crippen molar-refractivity contribution < 1.29 is 13.2 Å². The zero-order valence-electron chi connectivity index (χ0n) is 9.33. The SMILES string of the molecule is CCC(CC)Nc1nnc(C2CC2(F)F)o1. The highest BCUT2D eigenvalue weighted by molar-refractivity contribution is 5.22. The number of nitrogens with one attached hydrogen (secondary N) is 1. The summed E-state index contributed by atoms with van der Waals surface area (Å²) in [5, 5.41) is 10.4. The molecule has 4 nitrogen and oxygen atoms in total. The molecule has 2 rings (SSSR count). The van der Waals surface area contributed by atoms with Crippen molar-refractivity contribution in [3.8, 4) is 0 Å². The number of anilines is 1. The molecule has 0 spiro atoms. The molecule has 0 bridgehead atoms. The Morgan fingerprint density at radius 1 is 1.44 bits per heavy atom. The van der Waals surface area contributed by atoms with Crippen LogP contribution in [0.2, 0.25) is 0 Å². The molecule has 1 atom stereocenters. The molecule has 1 fully saturated rings. The molecule has 0 saturated heterocycles. The van der Waals surface area contributed by atoms with Crippen molar-refractivity contribution in [2.75, 3.05) is 5.32 Å². The molecule has 1 aromatic rings. The number of nitrogens with zero attached hydrogens (tertiary/aromatic N) is 2. The molecule has 1 aromatic heterocycles. The molecule has 1 saturated carbocycles. The molecule has 0 aromatic carbocycles. The van der Waals surface area contributed by atoms with E-state index >= 15 is 0 Å². The first-order chi connectivity index (χ1) is 7.56. The molecule has 90 valence electrons. The van der Waals surface area contributed by atoms with Gasteiger partial charge in [0, 0.05) is 12.5 Å². The van der Waals surface area contributed by atoms with Crippen molar-refractivity contribution in [2.24, 2.45) is 0 Å². The van der Waals surface area contributed by atoms with Crippen LogP contribution in [0.4, 0.5) is 14.8 Å². The van der Waals surface area contributed by atoms with Crippen molar-refractivity contribution in [3.05, 3.63) is 5.89 Å². The lowest BCUT2D eigenvalue weighted by Gasteiger charge is -2.11. The minimum Gasteiger partial charge on any atom is -0.408 e. The first kappa shape index (κ1) is 11.3. The fraction of sp³-hybridized carbons (Fsp3) is 0.800. The van der Waals surface area contributed by atoms with Gasteiger partial charge in [-0.3, -0.25) is 0 Å². The second-order valence-electron chi connectivity index (χ2n) is 4.12. The van der Waals surface area contributed by atoms with Crippen molar-refractivity contribution in [2.45, 2.75) is 51.0 Å². The highest BCUT2D eigenvalue weighted by atomic mass is 19.3. The summed E-state index contributed by atoms with van der Waals surface area (Å²) in [6.45, 7) is 4.07. The van der Waals surface area contributed by atoms with Crippen molar-refractivity contribution in [3.63, 3.8) is 0 Å². The topological polar surface area (TPSA) is 51.0 Å². The van der Waals surface area contributed by atoms with Gasteiger partial charge in [-0.15, -0.1) is 5.10 Å². The Kier molecular flexibility index (Phi) is 2.82. The predicted octanol–water partition coefficient (Wildman–Crippen LogP) is 2.79. The molecule has 1 unspecified atom stereocenters. The van der Waals surface area contributed by atoms with Gasteiger partial charge in [-0.25, -0.2) is 8.78 Å². The van der Waals surface area contributed by atoms with E-state index < -0.39 is 11.8 Å². The van der Waals surface area contributed by atoms with Gasteiger partial charge < -0.3 is 9.73 Å². The largest absolute Gasteiger partial charge is 0.408 e. The van der Waals surface area contributed by atoms with E-state index in [4.69, 9.17) is 4.42 Å². The molecule has 1 heterocycles. The summed E-state index contributed by atoms with van der Waals surface area (Å²) in [6, 6.07) is 0.486. The molecule has 0 amide bonds. The van der Waals surface area contributed by atoms with Crippen LogP contribution in [0.3, 0.4) is 0 Å². The molecular weight excluding hydrogens is 216 g/mol. The molecule has 0 aliphatic heterocycles. The maximum Gasteiger partial charge on any atom is 0.315 e. The molecule has 1 N–H and O–H groups in total. The average Bonchev–Trinajstić information content (AvgIpc) is 2.71. The van der Waals surface area contributed by atoms with E-state index in [-0.39, 0.29) is 24.4 Å². The van der Waals surface area contributed by atoms with E-state index in [1.165, 1.54) is 0 Å². The molecule has 16 heavy (non-hydrogen) atoms. The van der Waals surface area contributed by atoms with Crippen molar-refractivity contribution >= 4 is 6.01 Å². The van der Waals surface area contributed by atoms with Crippen LogP contribution in [-0.4, -0.2) is 22.2 Å². The van der Waals surface area contributed by atoms with Gasteiger partial charge >= 0.3 is 6.01 Å².